The first-order valence-electron chi connectivity index (χ1n) is 4.28. The smallest absolute Gasteiger partial charge is 0.325 e. The molecule has 1 heterocycles. The van der Waals surface area contributed by atoms with Gasteiger partial charge in [-0.3, -0.25) is 4.57 Å². The van der Waals surface area contributed by atoms with Gasteiger partial charge < -0.3 is 15.0 Å². The van der Waals surface area contributed by atoms with Crippen LogP contribution in [0.5, 0.6) is 0 Å². The molecule has 0 aliphatic rings. The Morgan fingerprint density at radius 1 is 1.62 bits per heavy atom. The van der Waals surface area contributed by atoms with E-state index in [-0.39, 0.29) is 5.69 Å². The first-order chi connectivity index (χ1) is 6.34. The lowest BCUT2D eigenvalue weighted by molar-refractivity contribution is 0.199. The predicted octanol–water partition coefficient (Wildman–Crippen LogP) is -0.588. The summed E-state index contributed by atoms with van der Waals surface area (Å²) in [4.78, 5) is 13.6. The first-order valence-corrected chi connectivity index (χ1v) is 4.28. The van der Waals surface area contributed by atoms with Gasteiger partial charge in [-0.25, -0.2) is 4.79 Å². The molecule has 0 aliphatic carbocycles. The second-order valence-electron chi connectivity index (χ2n) is 2.70. The molecule has 0 spiro atoms. The predicted molar refractivity (Wildman–Crippen MR) is 49.8 cm³/mol. The van der Waals surface area contributed by atoms with Gasteiger partial charge in [-0.05, 0) is 0 Å². The minimum absolute atomic E-state index is 0.0615. The van der Waals surface area contributed by atoms with Crippen LogP contribution in [0.3, 0.4) is 0 Å². The summed E-state index contributed by atoms with van der Waals surface area (Å²) in [6.45, 7) is 2.98. The van der Waals surface area contributed by atoms with E-state index in [9.17, 15) is 4.79 Å². The summed E-state index contributed by atoms with van der Waals surface area (Å²) >= 11 is 0. The lowest BCUT2D eigenvalue weighted by Gasteiger charge is -2.03. The molecule has 0 radical (unpaired) electrons. The molecule has 1 aromatic heterocycles. The van der Waals surface area contributed by atoms with E-state index in [0.717, 1.165) is 13.1 Å². The topological polar surface area (TPSA) is 59.0 Å². The lowest BCUT2D eigenvalue weighted by atomic mass is 10.5. The van der Waals surface area contributed by atoms with Crippen molar-refractivity contribution in [2.75, 3.05) is 26.8 Å². The van der Waals surface area contributed by atoms with Crippen LogP contribution >= 0.6 is 0 Å². The number of methoxy groups -OCH3 is 1. The molecule has 0 aromatic carbocycles. The van der Waals surface area contributed by atoms with Crippen LogP contribution in [-0.4, -0.2) is 36.4 Å². The summed E-state index contributed by atoms with van der Waals surface area (Å²) in [6.07, 6.45) is 3.37. The van der Waals surface area contributed by atoms with Crippen LogP contribution in [-0.2, 0) is 11.3 Å². The van der Waals surface area contributed by atoms with E-state index < -0.39 is 0 Å². The Morgan fingerprint density at radius 3 is 3.08 bits per heavy atom. The van der Waals surface area contributed by atoms with Gasteiger partial charge in [0.1, 0.15) is 0 Å². The Morgan fingerprint density at radius 2 is 2.46 bits per heavy atom. The first kappa shape index (κ1) is 10.0. The van der Waals surface area contributed by atoms with Crippen LogP contribution in [0, 0.1) is 0 Å². The number of nitrogens with one attached hydrogen (secondary N) is 2. The molecular weight excluding hydrogens is 170 g/mol. The number of aromatic amines is 1. The average Bonchev–Trinajstić information content (AvgIpc) is 2.52. The molecule has 5 heteroatoms. The molecule has 0 atom stereocenters. The standard InChI is InChI=1S/C8H15N3O2/c1-13-7-4-9-2-5-11-6-3-10-8(11)12/h3,6,9H,2,4-5,7H2,1H3,(H,10,12). The summed E-state index contributed by atoms with van der Waals surface area (Å²) in [5.41, 5.74) is -0.0615. The van der Waals surface area contributed by atoms with E-state index in [0.29, 0.717) is 13.2 Å². The minimum atomic E-state index is -0.0615. The van der Waals surface area contributed by atoms with Crippen LogP contribution in [0.1, 0.15) is 0 Å². The summed E-state index contributed by atoms with van der Waals surface area (Å²) in [6, 6.07) is 0. The van der Waals surface area contributed by atoms with E-state index in [2.05, 4.69) is 10.3 Å². The second kappa shape index (κ2) is 5.55. The number of imidazole rings is 1. The van der Waals surface area contributed by atoms with E-state index in [1.54, 1.807) is 24.1 Å². The van der Waals surface area contributed by atoms with Crippen molar-refractivity contribution in [3.05, 3.63) is 22.9 Å². The second-order valence-corrected chi connectivity index (χ2v) is 2.70. The van der Waals surface area contributed by atoms with Crippen LogP contribution in [0.4, 0.5) is 0 Å². The number of H-pyrrole nitrogens is 1. The van der Waals surface area contributed by atoms with E-state index >= 15 is 0 Å². The zero-order valence-corrected chi connectivity index (χ0v) is 7.75. The van der Waals surface area contributed by atoms with Crippen LogP contribution in [0.25, 0.3) is 0 Å². The Bertz CT molecular complexity index is 279. The maximum absolute atomic E-state index is 11.0. The number of aromatic nitrogens is 2. The molecule has 1 aromatic rings. The van der Waals surface area contributed by atoms with Gasteiger partial charge in [0.15, 0.2) is 0 Å². The monoisotopic (exact) mass is 185 g/mol. The fourth-order valence-corrected chi connectivity index (χ4v) is 1.02. The molecule has 5 nitrogen and oxygen atoms in total. The molecule has 0 saturated carbocycles. The highest BCUT2D eigenvalue weighted by molar-refractivity contribution is 4.75. The average molecular weight is 185 g/mol. The van der Waals surface area contributed by atoms with Crippen molar-refractivity contribution in [3.8, 4) is 0 Å². The van der Waals surface area contributed by atoms with Crippen LogP contribution < -0.4 is 11.0 Å². The summed E-state index contributed by atoms with van der Waals surface area (Å²) in [7, 11) is 1.67. The quantitative estimate of drug-likeness (QED) is 0.582. The molecule has 0 fully saturated rings. The van der Waals surface area contributed by atoms with Gasteiger partial charge in [0, 0.05) is 39.1 Å². The zero-order chi connectivity index (χ0) is 9.52. The number of hydrogen-bond donors (Lipinski definition) is 2. The Balaban J connectivity index is 2.13. The SMILES string of the molecule is COCCNCCn1cc[nH]c1=O. The van der Waals surface area contributed by atoms with Crippen molar-refractivity contribution in [2.24, 2.45) is 0 Å². The highest BCUT2D eigenvalue weighted by Gasteiger charge is 1.93. The summed E-state index contributed by atoms with van der Waals surface area (Å²) in [5, 5.41) is 3.15. The van der Waals surface area contributed by atoms with E-state index in [1.165, 1.54) is 0 Å². The van der Waals surface area contributed by atoms with Crippen LogP contribution in [0.2, 0.25) is 0 Å². The van der Waals surface area contributed by atoms with Gasteiger partial charge in [0.2, 0.25) is 0 Å². The largest absolute Gasteiger partial charge is 0.383 e. The molecule has 1 rings (SSSR count). The number of rotatable bonds is 6. The molecule has 2 N–H and O–H groups in total. The third kappa shape index (κ3) is 3.43. The van der Waals surface area contributed by atoms with Crippen molar-refractivity contribution in [1.29, 1.82) is 0 Å². The summed E-state index contributed by atoms with van der Waals surface area (Å²) < 4.78 is 6.49. The van der Waals surface area contributed by atoms with Crippen molar-refractivity contribution in [1.82, 2.24) is 14.9 Å². The Hall–Kier alpha value is -1.07. The van der Waals surface area contributed by atoms with Crippen molar-refractivity contribution in [2.45, 2.75) is 6.54 Å². The molecule has 0 bridgehead atoms. The van der Waals surface area contributed by atoms with Crippen molar-refractivity contribution >= 4 is 0 Å². The zero-order valence-electron chi connectivity index (χ0n) is 7.75. The van der Waals surface area contributed by atoms with Gasteiger partial charge >= 0.3 is 5.69 Å². The lowest BCUT2D eigenvalue weighted by Crippen LogP contribution is -2.27. The number of ether oxygens (including phenoxy) is 1. The maximum Gasteiger partial charge on any atom is 0.325 e. The van der Waals surface area contributed by atoms with Crippen molar-refractivity contribution < 1.29 is 4.74 Å². The maximum atomic E-state index is 11.0. The van der Waals surface area contributed by atoms with Gasteiger partial charge in [-0.1, -0.05) is 0 Å². The molecule has 0 unspecified atom stereocenters. The normalized spacial score (nSPS) is 10.5. The number of hydrogen-bond acceptors (Lipinski definition) is 3. The fourth-order valence-electron chi connectivity index (χ4n) is 1.02. The molecule has 74 valence electrons. The van der Waals surface area contributed by atoms with Crippen LogP contribution in [0.15, 0.2) is 17.2 Å². The molecule has 0 saturated heterocycles. The third-order valence-corrected chi connectivity index (χ3v) is 1.73. The van der Waals surface area contributed by atoms with Gasteiger partial charge in [0.05, 0.1) is 6.61 Å². The molecule has 0 amide bonds. The minimum Gasteiger partial charge on any atom is -0.383 e. The molecular formula is C8H15N3O2. The van der Waals surface area contributed by atoms with E-state index in [4.69, 9.17) is 4.74 Å². The van der Waals surface area contributed by atoms with Gasteiger partial charge in [-0.15, -0.1) is 0 Å². The third-order valence-electron chi connectivity index (χ3n) is 1.73. The fraction of sp³-hybridized carbons (Fsp3) is 0.625. The summed E-state index contributed by atoms with van der Waals surface area (Å²) in [5.74, 6) is 0. The van der Waals surface area contributed by atoms with Crippen molar-refractivity contribution in [3.63, 3.8) is 0 Å². The highest BCUT2D eigenvalue weighted by Crippen LogP contribution is 1.77. The van der Waals surface area contributed by atoms with E-state index in [1.807, 2.05) is 0 Å². The molecule has 13 heavy (non-hydrogen) atoms. The Labute approximate surface area is 76.7 Å². The Kier molecular flexibility index (Phi) is 4.28. The molecule has 0 aliphatic heterocycles. The number of nitrogens with zero attached hydrogens (tertiary/aromatic N) is 1. The highest BCUT2D eigenvalue weighted by atomic mass is 16.5. The van der Waals surface area contributed by atoms with Gasteiger partial charge in [-0.2, -0.15) is 0 Å². The van der Waals surface area contributed by atoms with Gasteiger partial charge in [0.25, 0.3) is 0 Å².